The summed E-state index contributed by atoms with van der Waals surface area (Å²) in [6.07, 6.45) is 1.58. The highest BCUT2D eigenvalue weighted by Gasteiger charge is 2.15. The zero-order chi connectivity index (χ0) is 14.0. The Morgan fingerprint density at radius 2 is 2.32 bits per heavy atom. The van der Waals surface area contributed by atoms with Gasteiger partial charge in [-0.05, 0) is 28.1 Å². The van der Waals surface area contributed by atoms with Crippen LogP contribution in [-0.2, 0) is 11.2 Å². The third-order valence-corrected chi connectivity index (χ3v) is 3.10. The van der Waals surface area contributed by atoms with E-state index < -0.39 is 17.8 Å². The van der Waals surface area contributed by atoms with Crippen LogP contribution in [0.1, 0.15) is 5.69 Å². The first-order chi connectivity index (χ1) is 8.97. The summed E-state index contributed by atoms with van der Waals surface area (Å²) in [5.41, 5.74) is 6.32. The lowest BCUT2D eigenvalue weighted by molar-refractivity contribution is -0.138. The molecule has 3 N–H and O–H groups in total. The summed E-state index contributed by atoms with van der Waals surface area (Å²) in [7, 11) is 0. The molecule has 100 valence electrons. The molecule has 2 rings (SSSR count). The summed E-state index contributed by atoms with van der Waals surface area (Å²) in [6, 6.07) is 3.46. The van der Waals surface area contributed by atoms with Crippen LogP contribution < -0.4 is 5.73 Å². The van der Waals surface area contributed by atoms with Crippen LogP contribution in [-0.4, -0.2) is 32.1 Å². The van der Waals surface area contributed by atoms with Crippen molar-refractivity contribution in [2.45, 2.75) is 12.5 Å². The first kappa shape index (κ1) is 13.6. The largest absolute Gasteiger partial charge is 0.480 e. The lowest BCUT2D eigenvalue weighted by atomic mass is 10.2. The number of hydrogen-bond donors (Lipinski definition) is 2. The maximum absolute atomic E-state index is 13.4. The fraction of sp³-hybridized carbons (Fsp3) is 0.182. The molecule has 0 fully saturated rings. The Hall–Kier alpha value is -1.80. The maximum Gasteiger partial charge on any atom is 0.320 e. The molecule has 1 aromatic carbocycles. The minimum Gasteiger partial charge on any atom is -0.480 e. The Kier molecular flexibility index (Phi) is 3.91. The molecule has 1 unspecified atom stereocenters. The monoisotopic (exact) mass is 328 g/mol. The van der Waals surface area contributed by atoms with Crippen LogP contribution in [0.3, 0.4) is 0 Å². The zero-order valence-corrected chi connectivity index (χ0v) is 11.2. The van der Waals surface area contributed by atoms with Gasteiger partial charge in [-0.2, -0.15) is 0 Å². The summed E-state index contributed by atoms with van der Waals surface area (Å²) in [4.78, 5) is 10.6. The first-order valence-corrected chi connectivity index (χ1v) is 6.11. The number of nitrogens with two attached hydrogens (primary N) is 1. The van der Waals surface area contributed by atoms with E-state index >= 15 is 0 Å². The number of halogens is 2. The van der Waals surface area contributed by atoms with Gasteiger partial charge in [-0.1, -0.05) is 5.21 Å². The Morgan fingerprint density at radius 3 is 2.95 bits per heavy atom. The van der Waals surface area contributed by atoms with Gasteiger partial charge in [0.1, 0.15) is 11.9 Å². The third-order valence-electron chi connectivity index (χ3n) is 2.45. The van der Waals surface area contributed by atoms with Gasteiger partial charge in [-0.3, -0.25) is 4.79 Å². The number of hydrogen-bond acceptors (Lipinski definition) is 4. The SMILES string of the molecule is NC(Cc1cn(-c2ccc(Br)c(F)c2)nn1)C(=O)O. The van der Waals surface area contributed by atoms with E-state index in [0.29, 0.717) is 15.9 Å². The molecular weight excluding hydrogens is 319 g/mol. The number of carbonyl (C=O) groups is 1. The Balaban J connectivity index is 2.20. The van der Waals surface area contributed by atoms with Crippen molar-refractivity contribution < 1.29 is 14.3 Å². The topological polar surface area (TPSA) is 94.0 Å². The van der Waals surface area contributed by atoms with Crippen molar-refractivity contribution >= 4 is 21.9 Å². The first-order valence-electron chi connectivity index (χ1n) is 5.32. The van der Waals surface area contributed by atoms with Gasteiger partial charge in [-0.25, -0.2) is 9.07 Å². The van der Waals surface area contributed by atoms with E-state index in [1.54, 1.807) is 12.1 Å². The molecule has 0 radical (unpaired) electrons. The molecule has 2 aromatic rings. The number of carboxylic acids is 1. The summed E-state index contributed by atoms with van der Waals surface area (Å²) in [5.74, 6) is -1.53. The number of aromatic nitrogens is 3. The molecule has 8 heteroatoms. The molecule has 1 heterocycles. The van der Waals surface area contributed by atoms with Crippen molar-refractivity contribution in [1.82, 2.24) is 15.0 Å². The van der Waals surface area contributed by atoms with Crippen LogP contribution >= 0.6 is 15.9 Å². The van der Waals surface area contributed by atoms with E-state index in [4.69, 9.17) is 10.8 Å². The van der Waals surface area contributed by atoms with E-state index in [9.17, 15) is 9.18 Å². The van der Waals surface area contributed by atoms with Crippen LogP contribution in [0.25, 0.3) is 5.69 Å². The molecule has 0 aliphatic heterocycles. The molecule has 0 spiro atoms. The van der Waals surface area contributed by atoms with Crippen molar-refractivity contribution in [1.29, 1.82) is 0 Å². The second-order valence-electron chi connectivity index (χ2n) is 3.90. The molecule has 0 saturated heterocycles. The average molecular weight is 329 g/mol. The minimum atomic E-state index is -1.11. The molecule has 0 aliphatic rings. The van der Waals surface area contributed by atoms with E-state index in [0.717, 1.165) is 0 Å². The molecule has 0 aliphatic carbocycles. The Bertz CT molecular complexity index is 616. The van der Waals surface area contributed by atoms with Gasteiger partial charge in [0.2, 0.25) is 0 Å². The van der Waals surface area contributed by atoms with Gasteiger partial charge < -0.3 is 10.8 Å². The second kappa shape index (κ2) is 5.45. The van der Waals surface area contributed by atoms with Gasteiger partial charge in [0.25, 0.3) is 0 Å². The summed E-state index contributed by atoms with van der Waals surface area (Å²) in [5, 5.41) is 16.3. The summed E-state index contributed by atoms with van der Waals surface area (Å²) >= 11 is 3.05. The number of rotatable bonds is 4. The van der Waals surface area contributed by atoms with Crippen molar-refractivity contribution in [2.75, 3.05) is 0 Å². The molecule has 1 atom stereocenters. The van der Waals surface area contributed by atoms with Crippen LogP contribution in [0.15, 0.2) is 28.9 Å². The molecule has 0 saturated carbocycles. The van der Waals surface area contributed by atoms with Crippen molar-refractivity contribution in [3.05, 3.63) is 40.4 Å². The highest BCUT2D eigenvalue weighted by molar-refractivity contribution is 9.10. The molecule has 6 nitrogen and oxygen atoms in total. The van der Waals surface area contributed by atoms with Gasteiger partial charge in [0.05, 0.1) is 22.1 Å². The van der Waals surface area contributed by atoms with Gasteiger partial charge in [0.15, 0.2) is 0 Å². The zero-order valence-electron chi connectivity index (χ0n) is 9.62. The number of carboxylic acid groups (broad SMARTS) is 1. The number of aliphatic carboxylic acids is 1. The normalized spacial score (nSPS) is 12.4. The Labute approximate surface area is 116 Å². The molecule has 1 aromatic heterocycles. The number of nitrogens with zero attached hydrogens (tertiary/aromatic N) is 3. The summed E-state index contributed by atoms with van der Waals surface area (Å²) in [6.45, 7) is 0. The lowest BCUT2D eigenvalue weighted by Crippen LogP contribution is -2.32. The average Bonchev–Trinajstić information content (AvgIpc) is 2.81. The molecule has 19 heavy (non-hydrogen) atoms. The Morgan fingerprint density at radius 1 is 1.58 bits per heavy atom. The highest BCUT2D eigenvalue weighted by atomic mass is 79.9. The smallest absolute Gasteiger partial charge is 0.320 e. The third kappa shape index (κ3) is 3.15. The number of benzene rings is 1. The highest BCUT2D eigenvalue weighted by Crippen LogP contribution is 2.18. The van der Waals surface area contributed by atoms with Crippen LogP contribution in [0, 0.1) is 5.82 Å². The van der Waals surface area contributed by atoms with E-state index in [1.807, 2.05) is 0 Å². The fourth-order valence-electron chi connectivity index (χ4n) is 1.46. The van der Waals surface area contributed by atoms with E-state index in [2.05, 4.69) is 26.2 Å². The van der Waals surface area contributed by atoms with Crippen LogP contribution in [0.2, 0.25) is 0 Å². The fourth-order valence-corrected chi connectivity index (χ4v) is 1.70. The van der Waals surface area contributed by atoms with Crippen molar-refractivity contribution in [3.63, 3.8) is 0 Å². The summed E-state index contributed by atoms with van der Waals surface area (Å²) < 4.78 is 15.1. The minimum absolute atomic E-state index is 0.0638. The predicted octanol–water partition coefficient (Wildman–Crippen LogP) is 1.12. The molecule has 0 amide bonds. The van der Waals surface area contributed by atoms with Crippen molar-refractivity contribution in [2.24, 2.45) is 5.73 Å². The lowest BCUT2D eigenvalue weighted by Gasteiger charge is -2.02. The van der Waals surface area contributed by atoms with Crippen LogP contribution in [0.4, 0.5) is 4.39 Å². The van der Waals surface area contributed by atoms with Gasteiger partial charge >= 0.3 is 5.97 Å². The quantitative estimate of drug-likeness (QED) is 0.877. The maximum atomic E-state index is 13.4. The predicted molar refractivity (Wildman–Crippen MR) is 68.3 cm³/mol. The van der Waals surface area contributed by atoms with Crippen LogP contribution in [0.5, 0.6) is 0 Å². The standard InChI is InChI=1S/C11H10BrFN4O2/c12-8-2-1-7(4-9(8)13)17-5-6(15-16-17)3-10(14)11(18)19/h1-2,4-5,10H,3,14H2,(H,18,19). The second-order valence-corrected chi connectivity index (χ2v) is 4.76. The van der Waals surface area contributed by atoms with E-state index in [1.165, 1.54) is 16.9 Å². The van der Waals surface area contributed by atoms with Gasteiger partial charge in [0, 0.05) is 12.5 Å². The van der Waals surface area contributed by atoms with E-state index in [-0.39, 0.29) is 6.42 Å². The molecule has 0 bridgehead atoms. The van der Waals surface area contributed by atoms with Crippen molar-refractivity contribution in [3.8, 4) is 5.69 Å². The van der Waals surface area contributed by atoms with Gasteiger partial charge in [-0.15, -0.1) is 5.10 Å². The molecular formula is C11H10BrFN4O2.